The van der Waals surface area contributed by atoms with Gasteiger partial charge in [0.25, 0.3) is 0 Å². The molecule has 1 aliphatic heterocycles. The molecule has 1 aromatic rings. The maximum atomic E-state index is 13.7. The first-order valence-corrected chi connectivity index (χ1v) is 8.20. The molecule has 130 valence electrons. The summed E-state index contributed by atoms with van der Waals surface area (Å²) in [5, 5.41) is 7.55. The molecule has 2 heterocycles. The number of piperazine rings is 1. The Morgan fingerprint density at radius 1 is 1.42 bits per heavy atom. The zero-order valence-electron chi connectivity index (χ0n) is 14.5. The van der Waals surface area contributed by atoms with Gasteiger partial charge in [0.2, 0.25) is 5.95 Å². The minimum Gasteiger partial charge on any atom is -0.398 e. The smallest absolute Gasteiger partial charge is 0.222 e. The van der Waals surface area contributed by atoms with Gasteiger partial charge in [0, 0.05) is 43.3 Å². The van der Waals surface area contributed by atoms with Crippen LogP contribution in [0.4, 0.5) is 4.39 Å². The van der Waals surface area contributed by atoms with Gasteiger partial charge in [-0.2, -0.15) is 4.39 Å². The van der Waals surface area contributed by atoms with Crippen molar-refractivity contribution in [2.24, 2.45) is 11.7 Å². The number of nitrogens with zero attached hydrogens (tertiary/aromatic N) is 3. The second kappa shape index (κ2) is 7.95. The first kappa shape index (κ1) is 18.0. The number of hydrogen-bond acceptors (Lipinski definition) is 4. The van der Waals surface area contributed by atoms with Gasteiger partial charge in [-0.15, -0.1) is 0 Å². The predicted octanol–water partition coefficient (Wildman–Crippen LogP) is 2.67. The first-order valence-electron chi connectivity index (χ1n) is 8.20. The largest absolute Gasteiger partial charge is 0.398 e. The van der Waals surface area contributed by atoms with Crippen LogP contribution in [0.3, 0.4) is 0 Å². The van der Waals surface area contributed by atoms with Crippen LogP contribution < -0.4 is 5.73 Å². The standard InChI is InChI=1S/C18H26FN5/c1-13(2)17-11-23(9-10-24(17)12-20)14(3)6-7-16(21)15-5-4-8-22-18(15)19/h4-8,12-13,17,20H,9-11,21H2,1-3H3/b14-6+,16-7-,20-12?. The minimum absolute atomic E-state index is 0.315. The molecule has 1 unspecified atom stereocenters. The van der Waals surface area contributed by atoms with E-state index in [-0.39, 0.29) is 0 Å². The van der Waals surface area contributed by atoms with Crippen molar-refractivity contribution in [2.45, 2.75) is 26.8 Å². The van der Waals surface area contributed by atoms with Gasteiger partial charge in [-0.1, -0.05) is 13.8 Å². The third-order valence-electron chi connectivity index (χ3n) is 4.47. The molecule has 2 rings (SSSR count). The number of aromatic nitrogens is 1. The van der Waals surface area contributed by atoms with Gasteiger partial charge in [-0.05, 0) is 37.1 Å². The van der Waals surface area contributed by atoms with Gasteiger partial charge in [0.1, 0.15) is 0 Å². The topological polar surface area (TPSA) is 69.2 Å². The molecule has 0 aliphatic carbocycles. The van der Waals surface area contributed by atoms with Crippen molar-refractivity contribution >= 4 is 12.0 Å². The lowest BCUT2D eigenvalue weighted by atomic mass is 10.00. The summed E-state index contributed by atoms with van der Waals surface area (Å²) in [5.74, 6) is -0.0935. The summed E-state index contributed by atoms with van der Waals surface area (Å²) in [7, 11) is 0. The van der Waals surface area contributed by atoms with E-state index < -0.39 is 5.95 Å². The highest BCUT2D eigenvalue weighted by molar-refractivity contribution is 5.63. The highest BCUT2D eigenvalue weighted by Gasteiger charge is 2.27. The maximum Gasteiger partial charge on any atom is 0.222 e. The maximum absolute atomic E-state index is 13.7. The van der Waals surface area contributed by atoms with Crippen LogP contribution in [0.25, 0.3) is 5.70 Å². The Hall–Kier alpha value is -2.37. The average molecular weight is 331 g/mol. The summed E-state index contributed by atoms with van der Waals surface area (Å²) in [6, 6.07) is 3.60. The SMILES string of the molecule is C/C(=C\C=C(/N)c1cccnc1F)N1CCN(C=N)C(C(C)C)C1. The minimum atomic E-state index is -0.559. The van der Waals surface area contributed by atoms with Crippen LogP contribution in [0, 0.1) is 17.3 Å². The third-order valence-corrected chi connectivity index (χ3v) is 4.47. The lowest BCUT2D eigenvalue weighted by Crippen LogP contribution is -2.53. The van der Waals surface area contributed by atoms with Crippen LogP contribution in [0.2, 0.25) is 0 Å². The van der Waals surface area contributed by atoms with Gasteiger partial charge < -0.3 is 15.5 Å². The summed E-state index contributed by atoms with van der Waals surface area (Å²) < 4.78 is 13.7. The second-order valence-corrected chi connectivity index (χ2v) is 6.40. The van der Waals surface area contributed by atoms with Crippen LogP contribution in [-0.4, -0.2) is 46.8 Å². The third kappa shape index (κ3) is 4.13. The number of rotatable bonds is 5. The molecule has 6 heteroatoms. The molecule has 1 atom stereocenters. The Balaban J connectivity index is 2.12. The number of pyridine rings is 1. The second-order valence-electron chi connectivity index (χ2n) is 6.40. The summed E-state index contributed by atoms with van der Waals surface area (Å²) in [6.45, 7) is 8.93. The van der Waals surface area contributed by atoms with Crippen LogP contribution >= 0.6 is 0 Å². The van der Waals surface area contributed by atoms with Crippen molar-refractivity contribution in [2.75, 3.05) is 19.6 Å². The molecule has 3 N–H and O–H groups in total. The number of nitrogens with one attached hydrogen (secondary N) is 1. The first-order chi connectivity index (χ1) is 11.4. The van der Waals surface area contributed by atoms with E-state index in [2.05, 4.69) is 28.6 Å². The molecule has 5 nitrogen and oxygen atoms in total. The molecule has 0 aromatic carbocycles. The Bertz CT molecular complexity index is 638. The molecule has 24 heavy (non-hydrogen) atoms. The molecular formula is C18H26FN5. The van der Waals surface area contributed by atoms with E-state index in [1.165, 1.54) is 12.5 Å². The van der Waals surface area contributed by atoms with E-state index in [0.29, 0.717) is 23.2 Å². The van der Waals surface area contributed by atoms with Crippen LogP contribution in [0.1, 0.15) is 26.3 Å². The highest BCUT2D eigenvalue weighted by Crippen LogP contribution is 2.19. The number of allylic oxidation sites excluding steroid dienone is 3. The zero-order valence-corrected chi connectivity index (χ0v) is 14.5. The molecule has 0 saturated carbocycles. The average Bonchev–Trinajstić information content (AvgIpc) is 2.59. The van der Waals surface area contributed by atoms with Crippen molar-refractivity contribution in [1.82, 2.24) is 14.8 Å². The fourth-order valence-corrected chi connectivity index (χ4v) is 2.91. The van der Waals surface area contributed by atoms with Crippen LogP contribution in [0.5, 0.6) is 0 Å². The van der Waals surface area contributed by atoms with Gasteiger partial charge in [-0.3, -0.25) is 5.41 Å². The summed E-state index contributed by atoms with van der Waals surface area (Å²) in [5.41, 5.74) is 7.73. The monoisotopic (exact) mass is 331 g/mol. The summed E-state index contributed by atoms with van der Waals surface area (Å²) in [6.07, 6.45) is 6.48. The van der Waals surface area contributed by atoms with Crippen molar-refractivity contribution in [1.29, 1.82) is 5.41 Å². The number of nitrogens with two attached hydrogens (primary N) is 1. The van der Waals surface area contributed by atoms with Crippen LogP contribution in [0.15, 0.2) is 36.2 Å². The van der Waals surface area contributed by atoms with E-state index in [9.17, 15) is 4.39 Å². The Morgan fingerprint density at radius 2 is 2.17 bits per heavy atom. The molecule has 0 radical (unpaired) electrons. The Morgan fingerprint density at radius 3 is 2.79 bits per heavy atom. The molecule has 1 saturated heterocycles. The fraction of sp³-hybridized carbons (Fsp3) is 0.444. The van der Waals surface area contributed by atoms with Crippen molar-refractivity contribution in [3.8, 4) is 0 Å². The Kier molecular flexibility index (Phi) is 5.95. The zero-order chi connectivity index (χ0) is 17.7. The van der Waals surface area contributed by atoms with Gasteiger partial charge in [-0.25, -0.2) is 4.98 Å². The lowest BCUT2D eigenvalue weighted by molar-refractivity contribution is 0.128. The molecule has 1 aromatic heterocycles. The van der Waals surface area contributed by atoms with E-state index in [1.807, 2.05) is 13.0 Å². The molecular weight excluding hydrogens is 305 g/mol. The molecule has 1 fully saturated rings. The predicted molar refractivity (Wildman–Crippen MR) is 95.8 cm³/mol. The number of halogens is 1. The van der Waals surface area contributed by atoms with Crippen LogP contribution in [-0.2, 0) is 0 Å². The molecule has 0 amide bonds. The number of hydrogen-bond donors (Lipinski definition) is 2. The molecule has 0 bridgehead atoms. The van der Waals surface area contributed by atoms with Gasteiger partial charge in [0.15, 0.2) is 0 Å². The van der Waals surface area contributed by atoms with Crippen molar-refractivity contribution < 1.29 is 4.39 Å². The lowest BCUT2D eigenvalue weighted by Gasteiger charge is -2.43. The molecule has 0 spiro atoms. The quantitative estimate of drug-likeness (QED) is 0.377. The van der Waals surface area contributed by atoms with E-state index >= 15 is 0 Å². The van der Waals surface area contributed by atoms with E-state index in [0.717, 1.165) is 25.3 Å². The normalized spacial score (nSPS) is 19.8. The fourth-order valence-electron chi connectivity index (χ4n) is 2.91. The molecule has 1 aliphatic rings. The van der Waals surface area contributed by atoms with Crippen molar-refractivity contribution in [3.63, 3.8) is 0 Å². The van der Waals surface area contributed by atoms with Crippen molar-refractivity contribution in [3.05, 3.63) is 47.7 Å². The summed E-state index contributed by atoms with van der Waals surface area (Å²) in [4.78, 5) is 7.99. The summed E-state index contributed by atoms with van der Waals surface area (Å²) >= 11 is 0. The van der Waals surface area contributed by atoms with E-state index in [4.69, 9.17) is 11.1 Å². The Labute approximate surface area is 143 Å². The van der Waals surface area contributed by atoms with E-state index in [1.54, 1.807) is 18.2 Å². The van der Waals surface area contributed by atoms with Gasteiger partial charge in [0.05, 0.1) is 11.9 Å². The van der Waals surface area contributed by atoms with Gasteiger partial charge >= 0.3 is 0 Å². The highest BCUT2D eigenvalue weighted by atomic mass is 19.1.